The number of hydrogen-bond donors (Lipinski definition) is 1. The van der Waals surface area contributed by atoms with Gasteiger partial charge in [0, 0.05) is 50.8 Å². The number of pyridine rings is 1. The van der Waals surface area contributed by atoms with Crippen molar-refractivity contribution in [3.05, 3.63) is 66.1 Å². The van der Waals surface area contributed by atoms with E-state index in [4.69, 9.17) is 0 Å². The predicted octanol–water partition coefficient (Wildman–Crippen LogP) is 1.59. The fourth-order valence-electron chi connectivity index (χ4n) is 4.70. The SMILES string of the molecule is CN1CC2CC(C1)N(S(=O)(=O)c1ccc(CNC(=O)c3ccc4nccn4c3)cc1)C2. The normalized spacial score (nSPS) is 22.1. The molecule has 1 amide bonds. The molecule has 2 aromatic heterocycles. The van der Waals surface area contributed by atoms with Crippen LogP contribution < -0.4 is 5.32 Å². The maximum atomic E-state index is 13.2. The average molecular weight is 440 g/mol. The smallest absolute Gasteiger partial charge is 0.253 e. The number of nitrogens with one attached hydrogen (secondary N) is 1. The lowest BCUT2D eigenvalue weighted by Gasteiger charge is -2.29. The van der Waals surface area contributed by atoms with E-state index in [0.29, 0.717) is 29.5 Å². The van der Waals surface area contributed by atoms with Crippen molar-refractivity contribution in [2.24, 2.45) is 5.92 Å². The van der Waals surface area contributed by atoms with Crippen LogP contribution in [0.25, 0.3) is 5.65 Å². The van der Waals surface area contributed by atoms with Gasteiger partial charge in [0.05, 0.1) is 10.5 Å². The number of imidazole rings is 1. The van der Waals surface area contributed by atoms with E-state index >= 15 is 0 Å². The molecule has 162 valence electrons. The van der Waals surface area contributed by atoms with Gasteiger partial charge >= 0.3 is 0 Å². The molecule has 1 N–H and O–H groups in total. The van der Waals surface area contributed by atoms with Gasteiger partial charge in [-0.2, -0.15) is 4.31 Å². The number of likely N-dealkylation sites (N-methyl/N-ethyl adjacent to an activating group) is 1. The van der Waals surface area contributed by atoms with Crippen LogP contribution in [-0.2, 0) is 16.6 Å². The fourth-order valence-corrected chi connectivity index (χ4v) is 6.40. The summed E-state index contributed by atoms with van der Waals surface area (Å²) in [5.41, 5.74) is 2.16. The molecule has 2 unspecified atom stereocenters. The summed E-state index contributed by atoms with van der Waals surface area (Å²) < 4.78 is 29.8. The molecule has 2 fully saturated rings. The summed E-state index contributed by atoms with van der Waals surface area (Å²) in [7, 11) is -1.46. The van der Waals surface area contributed by atoms with Gasteiger partial charge < -0.3 is 14.6 Å². The van der Waals surface area contributed by atoms with E-state index in [-0.39, 0.29) is 11.9 Å². The standard InChI is InChI=1S/C22H25N5O3S/c1-25-12-17-10-19(15-25)27(13-17)31(29,30)20-5-2-16(3-6-20)11-24-22(28)18-4-7-21-23-8-9-26(21)14-18/h2-9,14,17,19H,10-13,15H2,1H3,(H,24,28). The molecular weight excluding hydrogens is 414 g/mol. The van der Waals surface area contributed by atoms with Crippen molar-refractivity contribution in [3.8, 4) is 0 Å². The van der Waals surface area contributed by atoms with Crippen LogP contribution in [0.4, 0.5) is 0 Å². The number of rotatable bonds is 5. The summed E-state index contributed by atoms with van der Waals surface area (Å²) in [5.74, 6) is 0.218. The Hall–Kier alpha value is -2.75. The van der Waals surface area contributed by atoms with E-state index in [1.165, 1.54) is 0 Å². The molecule has 8 nitrogen and oxygen atoms in total. The molecule has 2 bridgehead atoms. The van der Waals surface area contributed by atoms with Gasteiger partial charge in [-0.05, 0) is 49.2 Å². The summed E-state index contributed by atoms with van der Waals surface area (Å²) in [6, 6.07) is 10.4. The van der Waals surface area contributed by atoms with E-state index in [1.54, 1.807) is 63.7 Å². The summed E-state index contributed by atoms with van der Waals surface area (Å²) >= 11 is 0. The van der Waals surface area contributed by atoms with Crippen LogP contribution in [0.3, 0.4) is 0 Å². The van der Waals surface area contributed by atoms with Gasteiger partial charge in [-0.3, -0.25) is 4.79 Å². The number of benzene rings is 1. The van der Waals surface area contributed by atoms with E-state index in [9.17, 15) is 13.2 Å². The maximum Gasteiger partial charge on any atom is 0.253 e. The average Bonchev–Trinajstić information content (AvgIpc) is 3.35. The number of sulfonamides is 1. The highest BCUT2D eigenvalue weighted by atomic mass is 32.2. The number of amides is 1. The zero-order chi connectivity index (χ0) is 21.6. The number of aromatic nitrogens is 2. The van der Waals surface area contributed by atoms with E-state index in [0.717, 1.165) is 30.7 Å². The lowest BCUT2D eigenvalue weighted by atomic mass is 10.0. The summed E-state index contributed by atoms with van der Waals surface area (Å²) in [6.45, 7) is 2.65. The van der Waals surface area contributed by atoms with Crippen LogP contribution in [-0.4, -0.2) is 65.6 Å². The molecule has 5 rings (SSSR count). The molecule has 9 heteroatoms. The summed E-state index contributed by atoms with van der Waals surface area (Å²) in [6.07, 6.45) is 6.15. The van der Waals surface area contributed by atoms with Crippen molar-refractivity contribution in [3.63, 3.8) is 0 Å². The second-order valence-electron chi connectivity index (χ2n) is 8.49. The number of nitrogens with zero attached hydrogens (tertiary/aromatic N) is 4. The Labute approximate surface area is 181 Å². The number of hydrogen-bond acceptors (Lipinski definition) is 5. The van der Waals surface area contributed by atoms with Crippen molar-refractivity contribution in [1.82, 2.24) is 23.9 Å². The van der Waals surface area contributed by atoms with Crippen molar-refractivity contribution in [1.29, 1.82) is 0 Å². The topological polar surface area (TPSA) is 87.0 Å². The van der Waals surface area contributed by atoms with Gasteiger partial charge in [0.15, 0.2) is 0 Å². The minimum absolute atomic E-state index is 0.0561. The predicted molar refractivity (Wildman–Crippen MR) is 116 cm³/mol. The second kappa shape index (κ2) is 7.74. The third-order valence-electron chi connectivity index (χ3n) is 6.18. The second-order valence-corrected chi connectivity index (χ2v) is 10.4. The van der Waals surface area contributed by atoms with E-state index < -0.39 is 10.0 Å². The first-order chi connectivity index (χ1) is 14.9. The fraction of sp³-hybridized carbons (Fsp3) is 0.364. The lowest BCUT2D eigenvalue weighted by molar-refractivity contribution is 0.0950. The Bertz CT molecular complexity index is 1220. The molecule has 2 atom stereocenters. The minimum Gasteiger partial charge on any atom is -0.348 e. The molecule has 3 aromatic rings. The van der Waals surface area contributed by atoms with Gasteiger partial charge in [0.25, 0.3) is 5.91 Å². The Morgan fingerprint density at radius 1 is 1.13 bits per heavy atom. The van der Waals surface area contributed by atoms with Crippen molar-refractivity contribution < 1.29 is 13.2 Å². The van der Waals surface area contributed by atoms with Crippen LogP contribution in [0, 0.1) is 5.92 Å². The molecule has 0 aliphatic carbocycles. The zero-order valence-electron chi connectivity index (χ0n) is 17.3. The van der Waals surface area contributed by atoms with Crippen LogP contribution in [0.15, 0.2) is 59.9 Å². The van der Waals surface area contributed by atoms with Gasteiger partial charge in [0.2, 0.25) is 10.0 Å². The highest BCUT2D eigenvalue weighted by Gasteiger charge is 2.43. The van der Waals surface area contributed by atoms with E-state index in [1.807, 2.05) is 7.05 Å². The summed E-state index contributed by atoms with van der Waals surface area (Å²) in [4.78, 5) is 19.2. The van der Waals surface area contributed by atoms with E-state index in [2.05, 4.69) is 15.2 Å². The number of piperidine rings is 1. The third kappa shape index (κ3) is 3.84. The lowest BCUT2D eigenvalue weighted by Crippen LogP contribution is -2.42. The number of fused-ring (bicyclic) bond motifs is 3. The Kier molecular flexibility index (Phi) is 5.04. The largest absolute Gasteiger partial charge is 0.348 e. The number of likely N-dealkylation sites (tertiary alicyclic amines) is 1. The van der Waals surface area contributed by atoms with Gasteiger partial charge in [-0.25, -0.2) is 13.4 Å². The van der Waals surface area contributed by atoms with Crippen LogP contribution in [0.2, 0.25) is 0 Å². The van der Waals surface area contributed by atoms with Crippen molar-refractivity contribution in [2.45, 2.75) is 23.9 Å². The highest BCUT2D eigenvalue weighted by molar-refractivity contribution is 7.89. The maximum absolute atomic E-state index is 13.2. The van der Waals surface area contributed by atoms with Crippen LogP contribution in [0.1, 0.15) is 22.3 Å². The van der Waals surface area contributed by atoms with Crippen LogP contribution >= 0.6 is 0 Å². The first-order valence-electron chi connectivity index (χ1n) is 10.4. The van der Waals surface area contributed by atoms with Gasteiger partial charge in [-0.15, -0.1) is 0 Å². The molecule has 2 aliphatic rings. The highest BCUT2D eigenvalue weighted by Crippen LogP contribution is 2.33. The molecule has 2 aliphatic heterocycles. The molecule has 31 heavy (non-hydrogen) atoms. The molecule has 0 saturated carbocycles. The quantitative estimate of drug-likeness (QED) is 0.652. The first kappa shape index (κ1) is 20.2. The van der Waals surface area contributed by atoms with Crippen molar-refractivity contribution >= 4 is 21.6 Å². The van der Waals surface area contributed by atoms with Crippen LogP contribution in [0.5, 0.6) is 0 Å². The molecule has 0 spiro atoms. The molecule has 2 saturated heterocycles. The minimum atomic E-state index is -3.51. The van der Waals surface area contributed by atoms with Gasteiger partial charge in [-0.1, -0.05) is 12.1 Å². The Morgan fingerprint density at radius 2 is 1.94 bits per heavy atom. The molecule has 1 aromatic carbocycles. The Balaban J connectivity index is 1.25. The van der Waals surface area contributed by atoms with Crippen molar-refractivity contribution in [2.75, 3.05) is 26.7 Å². The molecule has 0 radical (unpaired) electrons. The molecular formula is C22H25N5O3S. The van der Waals surface area contributed by atoms with Gasteiger partial charge in [0.1, 0.15) is 5.65 Å². The Morgan fingerprint density at radius 3 is 2.74 bits per heavy atom. The monoisotopic (exact) mass is 439 g/mol. The number of carbonyl (C=O) groups is 1. The number of carbonyl (C=O) groups excluding carboxylic acids is 1. The first-order valence-corrected chi connectivity index (χ1v) is 11.8. The summed E-state index contributed by atoms with van der Waals surface area (Å²) in [5, 5.41) is 2.88. The molecule has 4 heterocycles. The zero-order valence-corrected chi connectivity index (χ0v) is 18.1. The third-order valence-corrected chi connectivity index (χ3v) is 8.11.